The van der Waals surface area contributed by atoms with Crippen LogP contribution in [-0.4, -0.2) is 74.0 Å². The van der Waals surface area contributed by atoms with E-state index in [1.807, 2.05) is 13.8 Å². The molecule has 9 heteroatoms. The summed E-state index contributed by atoms with van der Waals surface area (Å²) in [5.41, 5.74) is 3.80. The first-order valence-electron chi connectivity index (χ1n) is 17.1. The molecule has 0 aromatic carbocycles. The van der Waals surface area contributed by atoms with Crippen LogP contribution in [0.3, 0.4) is 0 Å². The van der Waals surface area contributed by atoms with Crippen molar-refractivity contribution in [3.05, 3.63) is 0 Å². The Bertz CT molecular complexity index is 1200. The van der Waals surface area contributed by atoms with E-state index in [0.717, 1.165) is 38.5 Å². The molecule has 0 amide bonds. The third-order valence-electron chi connectivity index (χ3n) is 15.0. The first-order valence-corrected chi connectivity index (χ1v) is 17.1. The van der Waals surface area contributed by atoms with Gasteiger partial charge in [-0.15, -0.1) is 0 Å². The fourth-order valence-electron chi connectivity index (χ4n) is 13.0. The summed E-state index contributed by atoms with van der Waals surface area (Å²) >= 11 is 0. The van der Waals surface area contributed by atoms with Gasteiger partial charge in [0, 0.05) is 17.8 Å². The van der Waals surface area contributed by atoms with Crippen molar-refractivity contribution in [2.24, 2.45) is 50.6 Å². The fraction of sp³-hybridized carbons (Fsp3) is 0.943. The molecule has 0 radical (unpaired) electrons. The zero-order chi connectivity index (χ0) is 32.5. The van der Waals surface area contributed by atoms with E-state index in [2.05, 4.69) is 34.6 Å². The van der Waals surface area contributed by atoms with Crippen molar-refractivity contribution in [3.8, 4) is 0 Å². The Morgan fingerprint density at radius 2 is 1.64 bits per heavy atom. The molecule has 1 saturated heterocycles. The van der Waals surface area contributed by atoms with Crippen LogP contribution in [0.1, 0.15) is 119 Å². The minimum absolute atomic E-state index is 0.0219. The average molecular weight is 620 g/mol. The zero-order valence-electron chi connectivity index (χ0n) is 27.9. The second-order valence-electron chi connectivity index (χ2n) is 17.8. The van der Waals surface area contributed by atoms with Crippen molar-refractivity contribution in [2.45, 2.75) is 161 Å². The number of carbonyl (C=O) groups excluding carboxylic acids is 1. The van der Waals surface area contributed by atoms with E-state index < -0.39 is 52.9 Å². The molecule has 6 rings (SSSR count). The third kappa shape index (κ3) is 4.27. The minimum atomic E-state index is -0.992. The Morgan fingerprint density at radius 3 is 2.25 bits per heavy atom. The zero-order valence-corrected chi connectivity index (χ0v) is 27.9. The largest absolute Gasteiger partial charge is 0.481 e. The molecule has 6 N–H and O–H groups in total. The van der Waals surface area contributed by atoms with Gasteiger partial charge in [-0.1, -0.05) is 27.7 Å². The quantitative estimate of drug-likeness (QED) is 0.264. The predicted octanol–water partition coefficient (Wildman–Crippen LogP) is 4.18. The molecule has 6 fully saturated rings. The third-order valence-corrected chi connectivity index (χ3v) is 15.0. The number of carboxylic acid groups (broad SMARTS) is 1. The van der Waals surface area contributed by atoms with E-state index in [9.17, 15) is 24.9 Å². The summed E-state index contributed by atoms with van der Waals surface area (Å²) in [4.78, 5) is 23.9. The molecule has 6 aliphatic rings. The van der Waals surface area contributed by atoms with Crippen LogP contribution in [-0.2, 0) is 19.1 Å². The van der Waals surface area contributed by atoms with Crippen molar-refractivity contribution in [3.63, 3.8) is 0 Å². The van der Waals surface area contributed by atoms with E-state index in [-0.39, 0.29) is 58.4 Å². The van der Waals surface area contributed by atoms with Gasteiger partial charge in [-0.3, -0.25) is 9.59 Å². The molecule has 3 unspecified atom stereocenters. The highest BCUT2D eigenvalue weighted by atomic mass is 16.5. The van der Waals surface area contributed by atoms with Crippen LogP contribution in [0, 0.1) is 44.8 Å². The molecule has 250 valence electrons. The van der Waals surface area contributed by atoms with Crippen molar-refractivity contribution in [1.82, 2.24) is 0 Å². The number of rotatable bonds is 7. The van der Waals surface area contributed by atoms with Crippen LogP contribution < -0.4 is 5.73 Å². The van der Waals surface area contributed by atoms with Crippen molar-refractivity contribution >= 4 is 11.9 Å². The van der Waals surface area contributed by atoms with E-state index >= 15 is 0 Å². The number of ether oxygens (including phenoxy) is 2. The van der Waals surface area contributed by atoms with Crippen LogP contribution >= 0.6 is 0 Å². The summed E-state index contributed by atoms with van der Waals surface area (Å²) in [6.45, 7) is 14.8. The molecule has 2 spiro atoms. The Labute approximate surface area is 262 Å². The minimum Gasteiger partial charge on any atom is -0.481 e. The first-order chi connectivity index (χ1) is 20.2. The van der Waals surface area contributed by atoms with E-state index in [1.54, 1.807) is 0 Å². The molecule has 0 aromatic rings. The van der Waals surface area contributed by atoms with Crippen LogP contribution in [0.2, 0.25) is 0 Å². The second kappa shape index (κ2) is 9.88. The van der Waals surface area contributed by atoms with Gasteiger partial charge in [0.2, 0.25) is 0 Å². The maximum absolute atomic E-state index is 12.9. The van der Waals surface area contributed by atoms with Gasteiger partial charge in [0.25, 0.3) is 0 Å². The molecule has 1 heterocycles. The van der Waals surface area contributed by atoms with Gasteiger partial charge in [0.05, 0.1) is 29.5 Å². The van der Waals surface area contributed by atoms with Crippen molar-refractivity contribution in [1.29, 1.82) is 0 Å². The number of carboxylic acids is 1. The highest BCUT2D eigenvalue weighted by Crippen LogP contribution is 2.89. The fourth-order valence-corrected chi connectivity index (χ4v) is 13.0. The van der Waals surface area contributed by atoms with Crippen molar-refractivity contribution < 1.29 is 39.5 Å². The summed E-state index contributed by atoms with van der Waals surface area (Å²) < 4.78 is 12.7. The number of hydrogen-bond donors (Lipinski definition) is 5. The molecule has 1 aliphatic heterocycles. The Kier molecular flexibility index (Phi) is 7.34. The number of aliphatic hydroxyl groups is 3. The molecule has 44 heavy (non-hydrogen) atoms. The van der Waals surface area contributed by atoms with Crippen LogP contribution in [0.15, 0.2) is 0 Å². The van der Waals surface area contributed by atoms with E-state index in [4.69, 9.17) is 20.3 Å². The smallest absolute Gasteiger partial charge is 0.323 e. The lowest BCUT2D eigenvalue weighted by molar-refractivity contribution is -0.218. The van der Waals surface area contributed by atoms with Crippen LogP contribution in [0.5, 0.6) is 0 Å². The predicted molar refractivity (Wildman–Crippen MR) is 163 cm³/mol. The normalized spacial score (nSPS) is 51.4. The van der Waals surface area contributed by atoms with Gasteiger partial charge in [-0.2, -0.15) is 0 Å². The lowest BCUT2D eigenvalue weighted by Crippen LogP contribution is -2.62. The lowest BCUT2D eigenvalue weighted by atomic mass is 9.41. The molecule has 0 bridgehead atoms. The number of nitrogens with two attached hydrogens (primary N) is 1. The first kappa shape index (κ1) is 32.7. The molecular formula is C35H57NO8. The maximum atomic E-state index is 12.9. The maximum Gasteiger partial charge on any atom is 0.323 e. The standard InChI is InChI=1S/C35H57NO8/c1-29(2)23(43-28(41)19(36)8-9-25(39)40)11-13-35-18-34(35)15-14-31(5)27(33(7)12-10-24(44-33)30(3,4)42)21(38)17-32(31,6)22(34)16-20(37)26(29)35/h19-24,26-27,37-38,42H,8-18,36H2,1-7H3,(H,39,40)/t19-,20+,21+,22?,23?,24+,26+,27+,31-,32+,33-,34?,35-/m1/s1. The Hall–Kier alpha value is -1.26. The van der Waals surface area contributed by atoms with Gasteiger partial charge in [-0.05, 0) is 118 Å². The van der Waals surface area contributed by atoms with Gasteiger partial charge >= 0.3 is 11.9 Å². The SMILES string of the molecule is CC(C)(O)[C@@H]1CC[C@](C)([C@H]2[C@@H](O)C[C@@]3(C)C4C[C@H](O)[C@H]5C(C)(C)C(OC(=O)[C@H](N)CCC(=O)O)CC[C@@]56CC46CC[C@]23C)O1. The number of hydrogen-bond acceptors (Lipinski definition) is 8. The Morgan fingerprint density at radius 1 is 0.955 bits per heavy atom. The summed E-state index contributed by atoms with van der Waals surface area (Å²) in [5.74, 6) is -1.35. The highest BCUT2D eigenvalue weighted by Gasteiger charge is 2.85. The topological polar surface area (TPSA) is 160 Å². The van der Waals surface area contributed by atoms with E-state index in [0.29, 0.717) is 19.3 Å². The highest BCUT2D eigenvalue weighted by molar-refractivity contribution is 5.77. The number of aliphatic hydroxyl groups excluding tert-OH is 2. The van der Waals surface area contributed by atoms with Crippen LogP contribution in [0.4, 0.5) is 0 Å². The molecule has 13 atom stereocenters. The van der Waals surface area contributed by atoms with Gasteiger partial charge in [0.15, 0.2) is 0 Å². The molecular weight excluding hydrogens is 562 g/mol. The van der Waals surface area contributed by atoms with E-state index in [1.165, 1.54) is 0 Å². The summed E-state index contributed by atoms with van der Waals surface area (Å²) in [6.07, 6.45) is 5.79. The molecule has 9 nitrogen and oxygen atoms in total. The lowest BCUT2D eigenvalue weighted by Gasteiger charge is -2.64. The number of esters is 1. The van der Waals surface area contributed by atoms with Crippen molar-refractivity contribution in [2.75, 3.05) is 0 Å². The molecule has 5 saturated carbocycles. The second-order valence-corrected chi connectivity index (χ2v) is 17.8. The summed E-state index contributed by atoms with van der Waals surface area (Å²) in [6, 6.07) is -0.979. The van der Waals surface area contributed by atoms with Gasteiger partial charge < -0.3 is 35.6 Å². The average Bonchev–Trinajstić information content (AvgIpc) is 3.25. The number of fused-ring (bicyclic) bond motifs is 2. The monoisotopic (exact) mass is 619 g/mol. The number of aliphatic carboxylic acids is 1. The summed E-state index contributed by atoms with van der Waals surface area (Å²) in [7, 11) is 0. The van der Waals surface area contributed by atoms with Gasteiger partial charge in [-0.25, -0.2) is 0 Å². The van der Waals surface area contributed by atoms with Gasteiger partial charge in [0.1, 0.15) is 12.1 Å². The summed E-state index contributed by atoms with van der Waals surface area (Å²) in [5, 5.41) is 43.7. The molecule has 5 aliphatic carbocycles. The Balaban J connectivity index is 1.25. The molecule has 0 aromatic heterocycles. The van der Waals surface area contributed by atoms with Crippen LogP contribution in [0.25, 0.3) is 0 Å². The number of carbonyl (C=O) groups is 2.